The van der Waals surface area contributed by atoms with E-state index in [9.17, 15) is 0 Å². The molecule has 0 fully saturated rings. The third-order valence-corrected chi connectivity index (χ3v) is 4.04. The summed E-state index contributed by atoms with van der Waals surface area (Å²) in [6, 6.07) is 14.5. The van der Waals surface area contributed by atoms with Crippen LogP contribution in [-0.4, -0.2) is 6.21 Å². The van der Waals surface area contributed by atoms with Crippen LogP contribution in [0.2, 0.25) is 0 Å². The lowest BCUT2D eigenvalue weighted by atomic mass is 10.2. The monoisotopic (exact) mass is 289 g/mol. The maximum Gasteiger partial charge on any atom is 0.0770 e. The van der Waals surface area contributed by atoms with Crippen LogP contribution in [-0.2, 0) is 0 Å². The first-order chi connectivity index (χ1) is 7.83. The van der Waals surface area contributed by atoms with Crippen molar-refractivity contribution < 1.29 is 0 Å². The molecule has 0 saturated heterocycles. The van der Waals surface area contributed by atoms with Crippen molar-refractivity contribution in [3.8, 4) is 0 Å². The van der Waals surface area contributed by atoms with Gasteiger partial charge in [0.25, 0.3) is 0 Å². The van der Waals surface area contributed by atoms with E-state index in [1.165, 1.54) is 15.4 Å². The summed E-state index contributed by atoms with van der Waals surface area (Å²) in [5.74, 6) is 0. The smallest absolute Gasteiger partial charge is 0.0770 e. The zero-order valence-corrected chi connectivity index (χ0v) is 10.8. The Morgan fingerprint density at radius 2 is 1.88 bits per heavy atom. The van der Waals surface area contributed by atoms with Gasteiger partial charge in [-0.3, -0.25) is 4.99 Å². The average Bonchev–Trinajstić information content (AvgIpc) is 2.47. The lowest BCUT2D eigenvalue weighted by molar-refractivity contribution is 1.37. The maximum atomic E-state index is 4.50. The molecule has 78 valence electrons. The molecule has 3 heteroatoms. The lowest BCUT2D eigenvalue weighted by Crippen LogP contribution is -1.81. The summed E-state index contributed by atoms with van der Waals surface area (Å²) in [7, 11) is 0. The highest BCUT2D eigenvalue weighted by atomic mass is 79.9. The number of hydrogen-bond acceptors (Lipinski definition) is 2. The molecule has 0 bridgehead atoms. The fraction of sp³-hybridized carbons (Fsp3) is 0. The number of aliphatic imine (C=N–C) groups is 1. The van der Waals surface area contributed by atoms with Crippen LogP contribution in [0.3, 0.4) is 0 Å². The van der Waals surface area contributed by atoms with Crippen LogP contribution in [0.25, 0.3) is 0 Å². The zero-order valence-electron chi connectivity index (χ0n) is 8.35. The van der Waals surface area contributed by atoms with Gasteiger partial charge >= 0.3 is 0 Å². The van der Waals surface area contributed by atoms with Crippen molar-refractivity contribution in [2.45, 2.75) is 9.79 Å². The van der Waals surface area contributed by atoms with Gasteiger partial charge in [0.15, 0.2) is 0 Å². The Kier molecular flexibility index (Phi) is 2.58. The number of halogens is 1. The molecule has 1 heterocycles. The van der Waals surface area contributed by atoms with Crippen molar-refractivity contribution in [1.29, 1.82) is 0 Å². The standard InChI is InChI=1S/C13H8BrNS/c14-10-5-6-11-13(7-10)16-12-4-2-1-3-9(12)8-15-11/h1-8H. The van der Waals surface area contributed by atoms with Crippen molar-refractivity contribution in [3.05, 3.63) is 52.5 Å². The van der Waals surface area contributed by atoms with E-state index < -0.39 is 0 Å². The van der Waals surface area contributed by atoms with Crippen LogP contribution in [0, 0.1) is 0 Å². The Balaban J connectivity index is 2.18. The van der Waals surface area contributed by atoms with E-state index >= 15 is 0 Å². The topological polar surface area (TPSA) is 12.4 Å². The first kappa shape index (κ1) is 10.1. The lowest BCUT2D eigenvalue weighted by Gasteiger charge is -2.04. The van der Waals surface area contributed by atoms with E-state index in [4.69, 9.17) is 0 Å². The number of rotatable bonds is 0. The number of nitrogens with zero attached hydrogens (tertiary/aromatic N) is 1. The zero-order chi connectivity index (χ0) is 11.0. The normalized spacial score (nSPS) is 12.8. The Hall–Kier alpha value is -1.06. The Morgan fingerprint density at radius 1 is 1.00 bits per heavy atom. The van der Waals surface area contributed by atoms with Crippen molar-refractivity contribution in [2.75, 3.05) is 0 Å². The molecule has 0 unspecified atom stereocenters. The van der Waals surface area contributed by atoms with Crippen LogP contribution in [0.15, 0.2) is 61.7 Å². The molecular weight excluding hydrogens is 282 g/mol. The van der Waals surface area contributed by atoms with Gasteiger partial charge in [-0.15, -0.1) is 0 Å². The van der Waals surface area contributed by atoms with E-state index in [0.29, 0.717) is 0 Å². The van der Waals surface area contributed by atoms with Gasteiger partial charge < -0.3 is 0 Å². The van der Waals surface area contributed by atoms with Gasteiger partial charge in [0.05, 0.1) is 5.69 Å². The summed E-state index contributed by atoms with van der Waals surface area (Å²) in [6.07, 6.45) is 1.93. The molecule has 2 aromatic rings. The molecule has 0 N–H and O–H groups in total. The fourth-order valence-electron chi connectivity index (χ4n) is 1.61. The van der Waals surface area contributed by atoms with Gasteiger partial charge in [0.1, 0.15) is 0 Å². The van der Waals surface area contributed by atoms with Crippen molar-refractivity contribution in [2.24, 2.45) is 4.99 Å². The molecule has 2 aromatic carbocycles. The number of hydrogen-bond donors (Lipinski definition) is 0. The van der Waals surface area contributed by atoms with Gasteiger partial charge in [0.2, 0.25) is 0 Å². The second kappa shape index (κ2) is 4.07. The molecule has 16 heavy (non-hydrogen) atoms. The minimum absolute atomic E-state index is 1.03. The van der Waals surface area contributed by atoms with Crippen molar-refractivity contribution in [1.82, 2.24) is 0 Å². The van der Waals surface area contributed by atoms with Crippen LogP contribution in [0.5, 0.6) is 0 Å². The Morgan fingerprint density at radius 3 is 2.81 bits per heavy atom. The molecule has 0 aliphatic carbocycles. The van der Waals surface area contributed by atoms with Crippen LogP contribution < -0.4 is 0 Å². The molecule has 0 aromatic heterocycles. The molecule has 0 atom stereocenters. The average molecular weight is 290 g/mol. The third kappa shape index (κ3) is 1.81. The SMILES string of the molecule is Brc1ccc2c(c1)Sc1ccccc1C=N2. The Bertz CT molecular complexity index is 578. The van der Waals surface area contributed by atoms with E-state index in [1.807, 2.05) is 24.4 Å². The molecule has 0 amide bonds. The highest BCUT2D eigenvalue weighted by Crippen LogP contribution is 2.39. The molecule has 0 radical (unpaired) electrons. The van der Waals surface area contributed by atoms with Crippen LogP contribution >= 0.6 is 27.7 Å². The molecule has 1 aliphatic heterocycles. The van der Waals surface area contributed by atoms with Gasteiger partial charge in [-0.05, 0) is 24.3 Å². The summed E-state index contributed by atoms with van der Waals surface area (Å²) in [6.45, 7) is 0. The van der Waals surface area contributed by atoms with Crippen LogP contribution in [0.1, 0.15) is 5.56 Å². The molecule has 0 spiro atoms. The quantitative estimate of drug-likeness (QED) is 0.586. The van der Waals surface area contributed by atoms with E-state index in [2.05, 4.69) is 45.2 Å². The first-order valence-electron chi connectivity index (χ1n) is 4.93. The predicted octanol–water partition coefficient (Wildman–Crippen LogP) is 4.66. The summed E-state index contributed by atoms with van der Waals surface area (Å²) >= 11 is 5.25. The number of benzene rings is 2. The summed E-state index contributed by atoms with van der Waals surface area (Å²) in [4.78, 5) is 6.95. The van der Waals surface area contributed by atoms with E-state index in [0.717, 1.165) is 10.2 Å². The second-order valence-electron chi connectivity index (χ2n) is 3.51. The fourth-order valence-corrected chi connectivity index (χ4v) is 3.16. The Labute approximate surface area is 107 Å². The molecule has 1 nitrogen and oxygen atoms in total. The van der Waals surface area contributed by atoms with Crippen LogP contribution in [0.4, 0.5) is 5.69 Å². The largest absolute Gasteiger partial charge is 0.255 e. The van der Waals surface area contributed by atoms with Gasteiger partial charge in [-0.25, -0.2) is 0 Å². The maximum absolute atomic E-state index is 4.50. The molecular formula is C13H8BrNS. The summed E-state index contributed by atoms with van der Waals surface area (Å²) in [5, 5.41) is 0. The van der Waals surface area contributed by atoms with Gasteiger partial charge in [-0.2, -0.15) is 0 Å². The highest BCUT2D eigenvalue weighted by molar-refractivity contribution is 9.10. The number of fused-ring (bicyclic) bond motifs is 2. The first-order valence-corrected chi connectivity index (χ1v) is 6.54. The van der Waals surface area contributed by atoms with Gasteiger partial charge in [-0.1, -0.05) is 45.9 Å². The van der Waals surface area contributed by atoms with E-state index in [1.54, 1.807) is 11.8 Å². The third-order valence-electron chi connectivity index (χ3n) is 2.40. The van der Waals surface area contributed by atoms with E-state index in [-0.39, 0.29) is 0 Å². The highest BCUT2D eigenvalue weighted by Gasteiger charge is 2.10. The minimum Gasteiger partial charge on any atom is -0.255 e. The predicted molar refractivity (Wildman–Crippen MR) is 72.0 cm³/mol. The molecule has 0 saturated carbocycles. The molecule has 1 aliphatic rings. The molecule has 3 rings (SSSR count). The minimum atomic E-state index is 1.03. The summed E-state index contributed by atoms with van der Waals surface area (Å²) < 4.78 is 1.09. The van der Waals surface area contributed by atoms with Crippen molar-refractivity contribution >= 4 is 39.6 Å². The van der Waals surface area contributed by atoms with Crippen molar-refractivity contribution in [3.63, 3.8) is 0 Å². The second-order valence-corrected chi connectivity index (χ2v) is 5.51. The summed E-state index contributed by atoms with van der Waals surface area (Å²) in [5.41, 5.74) is 2.21. The van der Waals surface area contributed by atoms with Gasteiger partial charge in [0, 0.05) is 26.0 Å².